The van der Waals surface area contributed by atoms with Gasteiger partial charge in [-0.2, -0.15) is 0 Å². The molecule has 0 saturated heterocycles. The Morgan fingerprint density at radius 1 is 1.17 bits per heavy atom. The zero-order valence-corrected chi connectivity index (χ0v) is 14.7. The van der Waals surface area contributed by atoms with Crippen molar-refractivity contribution in [3.8, 4) is 0 Å². The second kappa shape index (κ2) is 6.37. The molecule has 0 aliphatic rings. The largest absolute Gasteiger partial charge is 0.383 e. The van der Waals surface area contributed by atoms with Gasteiger partial charge >= 0.3 is 5.69 Å². The average molecular weight is 344 g/mol. The number of rotatable bonds is 4. The van der Waals surface area contributed by atoms with Gasteiger partial charge in [0.05, 0.1) is 5.39 Å². The molecule has 0 aliphatic carbocycles. The molecule has 3 rings (SSSR count). The first-order chi connectivity index (χ1) is 11.4. The molecule has 1 atom stereocenters. The van der Waals surface area contributed by atoms with E-state index >= 15 is 0 Å². The molecule has 2 aromatic heterocycles. The Balaban J connectivity index is 2.22. The Bertz CT molecular complexity index is 983. The van der Waals surface area contributed by atoms with Crippen LogP contribution in [0.3, 0.4) is 0 Å². The Morgan fingerprint density at radius 3 is 2.46 bits per heavy atom. The third-order valence-corrected chi connectivity index (χ3v) is 5.17. The quantitative estimate of drug-likeness (QED) is 0.791. The van der Waals surface area contributed by atoms with Gasteiger partial charge < -0.3 is 5.11 Å². The summed E-state index contributed by atoms with van der Waals surface area (Å²) in [6, 6.07) is 11.0. The molecule has 0 bridgehead atoms. The fourth-order valence-electron chi connectivity index (χ4n) is 2.75. The standard InChI is InChI=1S/C18H20N2O3S/c1-11(2)10-20-17-13(16(22)19(3)18(20)23)9-14(24-17)15(21)12-7-5-4-6-8-12/h4-9,11,15,21H,10H2,1-3H3. The lowest BCUT2D eigenvalue weighted by atomic mass is 10.1. The molecule has 1 N–H and O–H groups in total. The van der Waals surface area contributed by atoms with E-state index in [-0.39, 0.29) is 17.2 Å². The van der Waals surface area contributed by atoms with Crippen LogP contribution in [0, 0.1) is 5.92 Å². The fourth-order valence-corrected chi connectivity index (χ4v) is 3.92. The molecule has 0 fully saturated rings. The highest BCUT2D eigenvalue weighted by Crippen LogP contribution is 2.31. The zero-order valence-electron chi connectivity index (χ0n) is 13.9. The van der Waals surface area contributed by atoms with E-state index in [1.165, 1.54) is 18.4 Å². The Labute approximate surface area is 143 Å². The number of benzene rings is 1. The third kappa shape index (κ3) is 2.83. The van der Waals surface area contributed by atoms with Crippen molar-refractivity contribution >= 4 is 21.6 Å². The van der Waals surface area contributed by atoms with Crippen LogP contribution >= 0.6 is 11.3 Å². The summed E-state index contributed by atoms with van der Waals surface area (Å²) in [4.78, 5) is 26.2. The normalized spacial score (nSPS) is 12.9. The van der Waals surface area contributed by atoms with Gasteiger partial charge in [0.1, 0.15) is 10.9 Å². The van der Waals surface area contributed by atoms with Gasteiger partial charge in [-0.15, -0.1) is 11.3 Å². The van der Waals surface area contributed by atoms with Crippen molar-refractivity contribution < 1.29 is 5.11 Å². The van der Waals surface area contributed by atoms with E-state index < -0.39 is 6.10 Å². The number of aliphatic hydroxyl groups excluding tert-OH is 1. The first kappa shape index (κ1) is 16.7. The van der Waals surface area contributed by atoms with Gasteiger partial charge in [-0.05, 0) is 17.5 Å². The molecule has 126 valence electrons. The minimum Gasteiger partial charge on any atom is -0.383 e. The summed E-state index contributed by atoms with van der Waals surface area (Å²) in [6.45, 7) is 4.58. The third-order valence-electron chi connectivity index (χ3n) is 3.96. The maximum atomic E-state index is 12.5. The van der Waals surface area contributed by atoms with Crippen molar-refractivity contribution in [2.45, 2.75) is 26.5 Å². The highest BCUT2D eigenvalue weighted by Gasteiger charge is 2.19. The topological polar surface area (TPSA) is 64.2 Å². The van der Waals surface area contributed by atoms with Crippen molar-refractivity contribution in [1.82, 2.24) is 9.13 Å². The number of hydrogen-bond acceptors (Lipinski definition) is 4. The van der Waals surface area contributed by atoms with Gasteiger partial charge in [0.25, 0.3) is 5.56 Å². The molecule has 5 nitrogen and oxygen atoms in total. The van der Waals surface area contributed by atoms with E-state index in [1.807, 2.05) is 44.2 Å². The van der Waals surface area contributed by atoms with Crippen LogP contribution in [-0.4, -0.2) is 14.2 Å². The van der Waals surface area contributed by atoms with Crippen LogP contribution in [0.25, 0.3) is 10.2 Å². The molecular weight excluding hydrogens is 324 g/mol. The molecule has 1 aromatic carbocycles. The molecular formula is C18H20N2O3S. The zero-order chi connectivity index (χ0) is 17.4. The molecule has 0 radical (unpaired) electrons. The number of aliphatic hydroxyl groups is 1. The maximum Gasteiger partial charge on any atom is 0.331 e. The fraction of sp³-hybridized carbons (Fsp3) is 0.333. The van der Waals surface area contributed by atoms with Crippen LogP contribution in [0.2, 0.25) is 0 Å². The van der Waals surface area contributed by atoms with E-state index in [0.717, 1.165) is 10.1 Å². The lowest BCUT2D eigenvalue weighted by Gasteiger charge is -2.11. The summed E-state index contributed by atoms with van der Waals surface area (Å²) in [5.41, 5.74) is 0.125. The van der Waals surface area contributed by atoms with E-state index in [1.54, 1.807) is 10.6 Å². The van der Waals surface area contributed by atoms with Gasteiger partial charge in [-0.25, -0.2) is 4.79 Å². The molecule has 1 unspecified atom stereocenters. The van der Waals surface area contributed by atoms with E-state index in [4.69, 9.17) is 0 Å². The lowest BCUT2D eigenvalue weighted by Crippen LogP contribution is -2.38. The molecule has 0 spiro atoms. The van der Waals surface area contributed by atoms with E-state index in [0.29, 0.717) is 21.6 Å². The van der Waals surface area contributed by atoms with Crippen molar-refractivity contribution in [2.75, 3.05) is 0 Å². The summed E-state index contributed by atoms with van der Waals surface area (Å²) in [5, 5.41) is 11.1. The van der Waals surface area contributed by atoms with Gasteiger partial charge in [-0.3, -0.25) is 13.9 Å². The SMILES string of the molecule is CC(C)Cn1c(=O)n(C)c(=O)c2cc(C(O)c3ccccc3)sc21. The molecule has 0 aliphatic heterocycles. The Morgan fingerprint density at radius 2 is 1.83 bits per heavy atom. The van der Waals surface area contributed by atoms with Gasteiger partial charge in [-0.1, -0.05) is 44.2 Å². The van der Waals surface area contributed by atoms with Gasteiger partial charge in [0, 0.05) is 18.5 Å². The minimum absolute atomic E-state index is 0.271. The van der Waals surface area contributed by atoms with Crippen molar-refractivity contribution in [3.63, 3.8) is 0 Å². The summed E-state index contributed by atoms with van der Waals surface area (Å²) in [5.74, 6) is 0.271. The van der Waals surface area contributed by atoms with Crippen LogP contribution in [0.4, 0.5) is 0 Å². The van der Waals surface area contributed by atoms with E-state index in [9.17, 15) is 14.7 Å². The Hall–Kier alpha value is -2.18. The monoisotopic (exact) mass is 344 g/mol. The summed E-state index contributed by atoms with van der Waals surface area (Å²) in [7, 11) is 1.49. The Kier molecular flexibility index (Phi) is 4.43. The molecule has 0 amide bonds. The van der Waals surface area contributed by atoms with Crippen LogP contribution < -0.4 is 11.2 Å². The lowest BCUT2D eigenvalue weighted by molar-refractivity contribution is 0.224. The average Bonchev–Trinajstić information content (AvgIpc) is 3.02. The molecule has 3 aromatic rings. The number of nitrogens with zero attached hydrogens (tertiary/aromatic N) is 2. The summed E-state index contributed by atoms with van der Waals surface area (Å²) < 4.78 is 2.77. The highest BCUT2D eigenvalue weighted by atomic mass is 32.1. The summed E-state index contributed by atoms with van der Waals surface area (Å²) in [6.07, 6.45) is -0.809. The minimum atomic E-state index is -0.809. The van der Waals surface area contributed by atoms with Crippen molar-refractivity contribution in [1.29, 1.82) is 0 Å². The molecule has 6 heteroatoms. The number of aromatic nitrogens is 2. The number of fused-ring (bicyclic) bond motifs is 1. The smallest absolute Gasteiger partial charge is 0.331 e. The molecule has 0 saturated carbocycles. The van der Waals surface area contributed by atoms with Gasteiger partial charge in [0.15, 0.2) is 0 Å². The first-order valence-electron chi connectivity index (χ1n) is 7.86. The van der Waals surface area contributed by atoms with E-state index in [2.05, 4.69) is 0 Å². The number of thiophene rings is 1. The maximum absolute atomic E-state index is 12.5. The predicted molar refractivity (Wildman–Crippen MR) is 96.7 cm³/mol. The van der Waals surface area contributed by atoms with Crippen molar-refractivity contribution in [3.05, 3.63) is 67.7 Å². The molecule has 2 heterocycles. The second-order valence-corrected chi connectivity index (χ2v) is 7.39. The van der Waals surface area contributed by atoms with Crippen LogP contribution in [0.15, 0.2) is 46.0 Å². The first-order valence-corrected chi connectivity index (χ1v) is 8.68. The second-order valence-electron chi connectivity index (χ2n) is 6.33. The van der Waals surface area contributed by atoms with Crippen LogP contribution in [0.5, 0.6) is 0 Å². The van der Waals surface area contributed by atoms with Crippen LogP contribution in [-0.2, 0) is 13.6 Å². The van der Waals surface area contributed by atoms with Crippen molar-refractivity contribution in [2.24, 2.45) is 13.0 Å². The number of hydrogen-bond donors (Lipinski definition) is 1. The predicted octanol–water partition coefficient (Wildman–Crippen LogP) is 2.50. The van der Waals surface area contributed by atoms with Gasteiger partial charge in [0.2, 0.25) is 0 Å². The van der Waals surface area contributed by atoms with Crippen LogP contribution in [0.1, 0.15) is 30.4 Å². The molecule has 24 heavy (non-hydrogen) atoms. The summed E-state index contributed by atoms with van der Waals surface area (Å²) >= 11 is 1.31. The highest BCUT2D eigenvalue weighted by molar-refractivity contribution is 7.18.